The van der Waals surface area contributed by atoms with Crippen molar-refractivity contribution < 1.29 is 0 Å². The van der Waals surface area contributed by atoms with E-state index in [2.05, 4.69) is 45.4 Å². The number of thioether (sulfide) groups is 1. The Morgan fingerprint density at radius 1 is 1.30 bits per heavy atom. The first-order valence-corrected chi connectivity index (χ1v) is 8.14. The topological polar surface area (TPSA) is 29.0 Å². The number of hydrogen-bond donors (Lipinski definition) is 0. The van der Waals surface area contributed by atoms with Crippen molar-refractivity contribution in [3.05, 3.63) is 53.1 Å². The summed E-state index contributed by atoms with van der Waals surface area (Å²) in [6.45, 7) is 5.00. The minimum absolute atomic E-state index is 0.880. The van der Waals surface area contributed by atoms with E-state index in [1.807, 2.05) is 24.9 Å². The third kappa shape index (κ3) is 2.86. The summed E-state index contributed by atoms with van der Waals surface area (Å²) in [7, 11) is 0. The predicted octanol–water partition coefficient (Wildman–Crippen LogP) is 3.07. The zero-order valence-corrected chi connectivity index (χ0v) is 12.8. The van der Waals surface area contributed by atoms with Gasteiger partial charge in [0, 0.05) is 48.4 Å². The number of aryl methyl sites for hydroxylation is 1. The van der Waals surface area contributed by atoms with Gasteiger partial charge < -0.3 is 0 Å². The Labute approximate surface area is 124 Å². The maximum atomic E-state index is 4.55. The minimum Gasteiger partial charge on any atom is -0.294 e. The maximum Gasteiger partial charge on any atom is 0.125 e. The van der Waals surface area contributed by atoms with Crippen molar-refractivity contribution in [3.63, 3.8) is 0 Å². The lowest BCUT2D eigenvalue weighted by atomic mass is 10.1. The second kappa shape index (κ2) is 5.94. The van der Waals surface area contributed by atoms with Crippen molar-refractivity contribution in [1.29, 1.82) is 0 Å². The largest absolute Gasteiger partial charge is 0.294 e. The predicted molar refractivity (Wildman–Crippen MR) is 82.8 cm³/mol. The van der Waals surface area contributed by atoms with Crippen LogP contribution in [0.5, 0.6) is 0 Å². The molecule has 0 spiro atoms. The Morgan fingerprint density at radius 3 is 3.00 bits per heavy atom. The van der Waals surface area contributed by atoms with E-state index in [-0.39, 0.29) is 0 Å². The van der Waals surface area contributed by atoms with Gasteiger partial charge in [-0.1, -0.05) is 18.2 Å². The van der Waals surface area contributed by atoms with Crippen LogP contribution in [0.25, 0.3) is 0 Å². The van der Waals surface area contributed by atoms with Crippen LogP contribution in [0.2, 0.25) is 0 Å². The Morgan fingerprint density at radius 2 is 2.15 bits per heavy atom. The van der Waals surface area contributed by atoms with Gasteiger partial charge in [-0.05, 0) is 24.8 Å². The van der Waals surface area contributed by atoms with Gasteiger partial charge in [0.2, 0.25) is 0 Å². The second-order valence-electron chi connectivity index (χ2n) is 5.16. The lowest BCUT2D eigenvalue weighted by molar-refractivity contribution is 0.241. The van der Waals surface area contributed by atoms with Crippen LogP contribution in [0.3, 0.4) is 0 Å². The lowest BCUT2D eigenvalue weighted by Gasteiger charge is -2.28. The van der Waals surface area contributed by atoms with Crippen LogP contribution in [0.4, 0.5) is 0 Å². The van der Waals surface area contributed by atoms with Crippen LogP contribution >= 0.6 is 11.8 Å². The van der Waals surface area contributed by atoms with E-state index < -0.39 is 0 Å². The molecule has 1 aromatic heterocycles. The van der Waals surface area contributed by atoms with E-state index in [0.29, 0.717) is 0 Å². The molecule has 3 rings (SSSR count). The zero-order valence-electron chi connectivity index (χ0n) is 12.0. The van der Waals surface area contributed by atoms with Crippen molar-refractivity contribution in [2.24, 2.45) is 0 Å². The third-order valence-corrected chi connectivity index (χ3v) is 4.56. The molecular formula is C16H19N3S. The van der Waals surface area contributed by atoms with Gasteiger partial charge in [-0.2, -0.15) is 0 Å². The number of rotatable bonds is 3. The Balaban J connectivity index is 1.76. The number of aromatic nitrogens is 2. The van der Waals surface area contributed by atoms with Crippen molar-refractivity contribution in [2.75, 3.05) is 12.8 Å². The highest BCUT2D eigenvalue weighted by molar-refractivity contribution is 7.98. The quantitative estimate of drug-likeness (QED) is 0.811. The molecule has 0 saturated carbocycles. The van der Waals surface area contributed by atoms with Crippen molar-refractivity contribution >= 4 is 11.8 Å². The molecule has 0 saturated heterocycles. The molecule has 0 unspecified atom stereocenters. The SMILES string of the molecule is CSc1ccccc1CN1CCc2nc(C)ncc2C1. The van der Waals surface area contributed by atoms with Crippen LogP contribution < -0.4 is 0 Å². The molecule has 0 radical (unpaired) electrons. The van der Waals surface area contributed by atoms with E-state index in [9.17, 15) is 0 Å². The van der Waals surface area contributed by atoms with Gasteiger partial charge in [-0.3, -0.25) is 4.90 Å². The Hall–Kier alpha value is -1.39. The molecule has 0 aliphatic carbocycles. The molecule has 1 aromatic carbocycles. The first-order chi connectivity index (χ1) is 9.76. The summed E-state index contributed by atoms with van der Waals surface area (Å²) in [4.78, 5) is 12.7. The molecule has 0 atom stereocenters. The second-order valence-corrected chi connectivity index (χ2v) is 6.01. The van der Waals surface area contributed by atoms with Crippen molar-refractivity contribution in [3.8, 4) is 0 Å². The molecule has 1 aliphatic rings. The summed E-state index contributed by atoms with van der Waals surface area (Å²) in [5.41, 5.74) is 3.92. The number of benzene rings is 1. The highest BCUT2D eigenvalue weighted by atomic mass is 32.2. The molecule has 0 fully saturated rings. The van der Waals surface area contributed by atoms with Crippen LogP contribution in [0, 0.1) is 6.92 Å². The molecule has 3 nitrogen and oxygen atoms in total. The average molecular weight is 285 g/mol. The first kappa shape index (κ1) is 13.6. The zero-order chi connectivity index (χ0) is 13.9. The van der Waals surface area contributed by atoms with Crippen LogP contribution in [0.15, 0.2) is 35.4 Å². The van der Waals surface area contributed by atoms with E-state index in [0.717, 1.165) is 31.9 Å². The van der Waals surface area contributed by atoms with E-state index >= 15 is 0 Å². The summed E-state index contributed by atoms with van der Waals surface area (Å²) < 4.78 is 0. The molecular weight excluding hydrogens is 266 g/mol. The fourth-order valence-electron chi connectivity index (χ4n) is 2.68. The molecule has 20 heavy (non-hydrogen) atoms. The van der Waals surface area contributed by atoms with Gasteiger partial charge in [0.15, 0.2) is 0 Å². The van der Waals surface area contributed by atoms with Crippen LogP contribution in [-0.4, -0.2) is 27.7 Å². The van der Waals surface area contributed by atoms with Gasteiger partial charge in [0.1, 0.15) is 5.82 Å². The highest BCUT2D eigenvalue weighted by Gasteiger charge is 2.18. The van der Waals surface area contributed by atoms with Crippen LogP contribution in [-0.2, 0) is 19.5 Å². The lowest BCUT2D eigenvalue weighted by Crippen LogP contribution is -2.31. The van der Waals surface area contributed by atoms with Crippen molar-refractivity contribution in [1.82, 2.24) is 14.9 Å². The van der Waals surface area contributed by atoms with E-state index in [1.54, 1.807) is 0 Å². The third-order valence-electron chi connectivity index (χ3n) is 3.72. The highest BCUT2D eigenvalue weighted by Crippen LogP contribution is 2.24. The minimum atomic E-state index is 0.880. The molecule has 2 aromatic rings. The van der Waals surface area contributed by atoms with Gasteiger partial charge >= 0.3 is 0 Å². The van der Waals surface area contributed by atoms with Gasteiger partial charge in [0.25, 0.3) is 0 Å². The Kier molecular flexibility index (Phi) is 4.03. The van der Waals surface area contributed by atoms with Gasteiger partial charge in [0.05, 0.1) is 0 Å². The molecule has 4 heteroatoms. The monoisotopic (exact) mass is 285 g/mol. The molecule has 2 heterocycles. The standard InChI is InChI=1S/C16H19N3S/c1-12-17-9-14-11-19(8-7-15(14)18-12)10-13-5-3-4-6-16(13)20-2/h3-6,9H,7-8,10-11H2,1-2H3. The fraction of sp³-hybridized carbons (Fsp3) is 0.375. The van der Waals surface area contributed by atoms with Crippen molar-refractivity contribution in [2.45, 2.75) is 31.3 Å². The summed E-state index contributed by atoms with van der Waals surface area (Å²) >= 11 is 1.82. The van der Waals surface area contributed by atoms with Gasteiger partial charge in [-0.15, -0.1) is 11.8 Å². The number of hydrogen-bond acceptors (Lipinski definition) is 4. The summed E-state index contributed by atoms with van der Waals surface area (Å²) in [6, 6.07) is 8.66. The summed E-state index contributed by atoms with van der Waals surface area (Å²) in [5.74, 6) is 0.880. The molecule has 0 bridgehead atoms. The van der Waals surface area contributed by atoms with Crippen LogP contribution in [0.1, 0.15) is 22.6 Å². The summed E-state index contributed by atoms with van der Waals surface area (Å²) in [6.07, 6.45) is 5.16. The molecule has 0 N–H and O–H groups in total. The smallest absolute Gasteiger partial charge is 0.125 e. The molecule has 104 valence electrons. The average Bonchev–Trinajstić information content (AvgIpc) is 2.48. The summed E-state index contributed by atoms with van der Waals surface area (Å²) in [5, 5.41) is 0. The first-order valence-electron chi connectivity index (χ1n) is 6.92. The maximum absolute atomic E-state index is 4.55. The van der Waals surface area contributed by atoms with E-state index in [1.165, 1.54) is 21.7 Å². The van der Waals surface area contributed by atoms with E-state index in [4.69, 9.17) is 0 Å². The molecule has 1 aliphatic heterocycles. The van der Waals surface area contributed by atoms with Gasteiger partial charge in [-0.25, -0.2) is 9.97 Å². The number of fused-ring (bicyclic) bond motifs is 1. The molecule has 0 amide bonds. The normalized spacial score (nSPS) is 15.1. The Bertz CT molecular complexity index is 612. The number of nitrogens with zero attached hydrogens (tertiary/aromatic N) is 3. The fourth-order valence-corrected chi connectivity index (χ4v) is 3.29.